The topological polar surface area (TPSA) is 130 Å². The monoisotopic (exact) mass is 655 g/mol. The molecule has 5 aromatic rings. The number of halogens is 2. The standard InChI is InChI=1S/C34H31F2N7O3S/c1-18-32(19(2)46-41-18)20-8-12-28-26(13-20)40-34(3,29-5-4-6-31(45)42(29)23-10-11-24(35)25(36)15-23)43(28)33-39-27(17-47-33)21-7-9-22(38-16-21)14-30(37)44/h7-13,15-17,29,40H,4-6,14H2,1-3H3,(H2,37,44)/t29-,34?/m0/s1. The molecule has 5 heterocycles. The Morgan fingerprint density at radius 1 is 1.13 bits per heavy atom. The minimum Gasteiger partial charge on any atom is -0.369 e. The fraction of sp³-hybridized carbons (Fsp3) is 0.265. The number of piperidine rings is 1. The Balaban J connectivity index is 1.34. The van der Waals surface area contributed by atoms with Gasteiger partial charge in [-0.15, -0.1) is 11.3 Å². The van der Waals surface area contributed by atoms with Crippen LogP contribution in [-0.4, -0.2) is 38.6 Å². The fourth-order valence-corrected chi connectivity index (χ4v) is 7.66. The molecule has 2 amide bonds. The molecule has 0 radical (unpaired) electrons. The van der Waals surface area contributed by atoms with Crippen LogP contribution in [0.15, 0.2) is 64.6 Å². The predicted octanol–water partition coefficient (Wildman–Crippen LogP) is 6.65. The number of thiazole rings is 1. The van der Waals surface area contributed by atoms with Crippen molar-refractivity contribution in [3.05, 3.63) is 88.9 Å². The highest BCUT2D eigenvalue weighted by atomic mass is 32.1. The van der Waals surface area contributed by atoms with Gasteiger partial charge in [0.05, 0.1) is 35.2 Å². The van der Waals surface area contributed by atoms with E-state index in [0.29, 0.717) is 35.1 Å². The first-order valence-corrected chi connectivity index (χ1v) is 16.0. The van der Waals surface area contributed by atoms with Crippen molar-refractivity contribution in [3.8, 4) is 22.4 Å². The highest BCUT2D eigenvalue weighted by molar-refractivity contribution is 7.14. The van der Waals surface area contributed by atoms with Crippen LogP contribution in [-0.2, 0) is 16.0 Å². The van der Waals surface area contributed by atoms with E-state index in [1.165, 1.54) is 17.4 Å². The molecule has 13 heteroatoms. The van der Waals surface area contributed by atoms with Gasteiger partial charge in [0.1, 0.15) is 11.4 Å². The number of hydrogen-bond donors (Lipinski definition) is 2. The molecule has 2 aliphatic heterocycles. The van der Waals surface area contributed by atoms with E-state index >= 15 is 0 Å². The number of aryl methyl sites for hydroxylation is 2. The molecule has 3 N–H and O–H groups in total. The van der Waals surface area contributed by atoms with Crippen LogP contribution in [0.3, 0.4) is 0 Å². The van der Waals surface area contributed by atoms with Gasteiger partial charge >= 0.3 is 0 Å². The number of carbonyl (C=O) groups excluding carboxylic acids is 2. The van der Waals surface area contributed by atoms with Crippen molar-refractivity contribution in [3.63, 3.8) is 0 Å². The number of fused-ring (bicyclic) bond motifs is 1. The van der Waals surface area contributed by atoms with Gasteiger partial charge < -0.3 is 20.5 Å². The Kier molecular flexibility index (Phi) is 7.50. The van der Waals surface area contributed by atoms with Gasteiger partial charge in [-0.05, 0) is 75.6 Å². The third-order valence-corrected chi connectivity index (χ3v) is 9.68. The van der Waals surface area contributed by atoms with Crippen molar-refractivity contribution in [1.29, 1.82) is 0 Å². The number of primary amides is 1. The van der Waals surface area contributed by atoms with E-state index in [1.54, 1.807) is 17.2 Å². The number of anilines is 4. The molecule has 2 atom stereocenters. The Hall–Kier alpha value is -5.17. The number of aromatic nitrogens is 3. The van der Waals surface area contributed by atoms with Crippen molar-refractivity contribution in [2.45, 2.75) is 58.2 Å². The van der Waals surface area contributed by atoms with Gasteiger partial charge in [-0.3, -0.25) is 19.5 Å². The van der Waals surface area contributed by atoms with Gasteiger partial charge in [0.15, 0.2) is 16.8 Å². The summed E-state index contributed by atoms with van der Waals surface area (Å²) in [5, 5.41) is 10.4. The number of nitrogens with one attached hydrogen (secondary N) is 1. The van der Waals surface area contributed by atoms with Crippen LogP contribution in [0.2, 0.25) is 0 Å². The third kappa shape index (κ3) is 5.29. The van der Waals surface area contributed by atoms with Crippen LogP contribution >= 0.6 is 11.3 Å². The number of pyridine rings is 1. The number of benzene rings is 2. The summed E-state index contributed by atoms with van der Waals surface area (Å²) in [5.74, 6) is -1.94. The Bertz CT molecular complexity index is 2010. The quantitative estimate of drug-likeness (QED) is 0.199. The molecule has 2 aliphatic rings. The molecule has 0 aliphatic carbocycles. The molecule has 2 aromatic carbocycles. The first kappa shape index (κ1) is 30.5. The van der Waals surface area contributed by atoms with Crippen LogP contribution in [0, 0.1) is 25.5 Å². The lowest BCUT2D eigenvalue weighted by molar-refractivity contribution is -0.120. The molecule has 7 rings (SSSR count). The number of hydrogen-bond acceptors (Lipinski definition) is 9. The molecule has 1 fully saturated rings. The van der Waals surface area contributed by atoms with E-state index < -0.39 is 29.2 Å². The summed E-state index contributed by atoms with van der Waals surface area (Å²) in [6, 6.07) is 12.7. The molecule has 1 unspecified atom stereocenters. The number of amides is 2. The van der Waals surface area contributed by atoms with Crippen molar-refractivity contribution in [2.75, 3.05) is 15.1 Å². The molecule has 0 spiro atoms. The van der Waals surface area contributed by atoms with Gasteiger partial charge in [0.2, 0.25) is 11.8 Å². The second-order valence-corrected chi connectivity index (χ2v) is 12.8. The average Bonchev–Trinajstić information content (AvgIpc) is 3.73. The zero-order valence-electron chi connectivity index (χ0n) is 25.9. The van der Waals surface area contributed by atoms with E-state index in [-0.39, 0.29) is 24.4 Å². The van der Waals surface area contributed by atoms with Gasteiger partial charge in [-0.1, -0.05) is 11.2 Å². The molecule has 47 heavy (non-hydrogen) atoms. The minimum atomic E-state index is -1.02. The summed E-state index contributed by atoms with van der Waals surface area (Å²) < 4.78 is 34.0. The lowest BCUT2D eigenvalue weighted by Crippen LogP contribution is -2.64. The van der Waals surface area contributed by atoms with Crippen molar-refractivity contribution < 1.29 is 22.9 Å². The number of carbonyl (C=O) groups is 2. The van der Waals surface area contributed by atoms with Crippen molar-refractivity contribution in [1.82, 2.24) is 15.1 Å². The fourth-order valence-electron chi connectivity index (χ4n) is 6.71. The highest BCUT2D eigenvalue weighted by Crippen LogP contribution is 2.51. The lowest BCUT2D eigenvalue weighted by atomic mass is 9.89. The van der Waals surface area contributed by atoms with E-state index in [0.717, 1.165) is 45.9 Å². The molecule has 10 nitrogen and oxygen atoms in total. The van der Waals surface area contributed by atoms with E-state index in [4.69, 9.17) is 15.2 Å². The van der Waals surface area contributed by atoms with Gasteiger partial charge in [-0.2, -0.15) is 0 Å². The maximum Gasteiger partial charge on any atom is 0.227 e. The number of rotatable bonds is 7. The van der Waals surface area contributed by atoms with Gasteiger partial charge in [0, 0.05) is 46.6 Å². The second-order valence-electron chi connectivity index (χ2n) is 12.0. The normalized spacial score (nSPS) is 19.2. The van der Waals surface area contributed by atoms with Crippen LogP contribution in [0.4, 0.5) is 31.0 Å². The van der Waals surface area contributed by atoms with Crippen LogP contribution in [0.25, 0.3) is 22.4 Å². The van der Waals surface area contributed by atoms with Crippen molar-refractivity contribution >= 4 is 45.3 Å². The highest BCUT2D eigenvalue weighted by Gasteiger charge is 2.52. The zero-order valence-corrected chi connectivity index (χ0v) is 26.7. The summed E-state index contributed by atoms with van der Waals surface area (Å²) in [5.41, 5.74) is 10.9. The minimum absolute atomic E-state index is 0.0433. The van der Waals surface area contributed by atoms with Gasteiger partial charge in [0.25, 0.3) is 0 Å². The Morgan fingerprint density at radius 3 is 2.64 bits per heavy atom. The lowest BCUT2D eigenvalue weighted by Gasteiger charge is -2.48. The summed E-state index contributed by atoms with van der Waals surface area (Å²) in [6.07, 6.45) is 3.21. The molecular weight excluding hydrogens is 624 g/mol. The van der Waals surface area contributed by atoms with Crippen molar-refractivity contribution in [2.24, 2.45) is 5.73 Å². The maximum atomic E-state index is 14.5. The Labute approximate surface area is 273 Å². The molecule has 0 saturated carbocycles. The molecule has 0 bridgehead atoms. The molecular formula is C34H31F2N7O3S. The van der Waals surface area contributed by atoms with E-state index in [2.05, 4.69) is 20.4 Å². The summed E-state index contributed by atoms with van der Waals surface area (Å²) in [7, 11) is 0. The maximum absolute atomic E-state index is 14.5. The van der Waals surface area contributed by atoms with Crippen LogP contribution in [0.5, 0.6) is 0 Å². The predicted molar refractivity (Wildman–Crippen MR) is 175 cm³/mol. The summed E-state index contributed by atoms with van der Waals surface area (Å²) in [4.78, 5) is 38.0. The second kappa shape index (κ2) is 11.6. The first-order chi connectivity index (χ1) is 22.5. The SMILES string of the molecule is Cc1noc(C)c1-c1ccc2c(c1)NC(C)([C@@H]1CCCC(=O)N1c1ccc(F)c(F)c1)N2c1nc(-c2ccc(CC(N)=O)nc2)cs1. The number of nitrogens with two attached hydrogens (primary N) is 1. The van der Waals surface area contributed by atoms with E-state index in [9.17, 15) is 18.4 Å². The van der Waals surface area contributed by atoms with Gasteiger partial charge in [-0.25, -0.2) is 13.8 Å². The first-order valence-electron chi connectivity index (χ1n) is 15.2. The molecule has 1 saturated heterocycles. The Morgan fingerprint density at radius 2 is 1.94 bits per heavy atom. The summed E-state index contributed by atoms with van der Waals surface area (Å²) >= 11 is 1.43. The van der Waals surface area contributed by atoms with Crippen LogP contribution in [0.1, 0.15) is 43.3 Å². The molecule has 3 aromatic heterocycles. The summed E-state index contributed by atoms with van der Waals surface area (Å²) in [6.45, 7) is 5.76. The number of nitrogens with zero attached hydrogens (tertiary/aromatic N) is 5. The van der Waals surface area contributed by atoms with Crippen LogP contribution < -0.4 is 20.9 Å². The largest absolute Gasteiger partial charge is 0.369 e. The smallest absolute Gasteiger partial charge is 0.227 e. The third-order valence-electron chi connectivity index (χ3n) is 8.85. The average molecular weight is 656 g/mol. The van der Waals surface area contributed by atoms with E-state index in [1.807, 2.05) is 50.4 Å². The zero-order chi connectivity index (χ0) is 33.0. The molecule has 240 valence electrons.